The topological polar surface area (TPSA) is 90.6 Å². The van der Waals surface area contributed by atoms with E-state index in [-0.39, 0.29) is 0 Å². The number of rotatable bonds is 8. The molecule has 114 valence electrons. The van der Waals surface area contributed by atoms with Gasteiger partial charge in [-0.2, -0.15) is 24.7 Å². The van der Waals surface area contributed by atoms with Gasteiger partial charge in [0.05, 0.1) is 6.61 Å². The second-order valence-corrected chi connectivity index (χ2v) is 5.00. The molecule has 0 aromatic carbocycles. The quantitative estimate of drug-likeness (QED) is 0.740. The monoisotopic (exact) mass is 291 g/mol. The Bertz CT molecular complexity index is 541. The first-order valence-corrected chi connectivity index (χ1v) is 7.16. The largest absolute Gasteiger partial charge is 0.463 e. The standard InChI is InChI=1S/C13H21N7O/c1-4-15-11-17-12(20-9-14-8-16-20)19-13(18-11)21-7-5-6-10(2)3/h8-10H,4-7H2,1-3H3,(H,15,17,18,19). The Balaban J connectivity index is 2.08. The van der Waals surface area contributed by atoms with Crippen LogP contribution in [0.4, 0.5) is 5.95 Å². The molecule has 1 N–H and O–H groups in total. The molecule has 0 spiro atoms. The molecule has 0 saturated heterocycles. The molecule has 2 heterocycles. The smallest absolute Gasteiger partial charge is 0.323 e. The molecule has 0 atom stereocenters. The van der Waals surface area contributed by atoms with Crippen molar-refractivity contribution in [3.8, 4) is 12.0 Å². The van der Waals surface area contributed by atoms with E-state index in [2.05, 4.69) is 44.2 Å². The summed E-state index contributed by atoms with van der Waals surface area (Å²) in [4.78, 5) is 16.6. The number of nitrogens with zero attached hydrogens (tertiary/aromatic N) is 6. The van der Waals surface area contributed by atoms with Gasteiger partial charge in [0.25, 0.3) is 5.95 Å². The molecule has 8 nitrogen and oxygen atoms in total. The molecule has 0 bridgehead atoms. The average Bonchev–Trinajstić information content (AvgIpc) is 2.98. The number of aromatic nitrogens is 6. The molecule has 0 unspecified atom stereocenters. The third-order valence-electron chi connectivity index (χ3n) is 2.72. The van der Waals surface area contributed by atoms with Crippen LogP contribution in [0.3, 0.4) is 0 Å². The Labute approximate surface area is 124 Å². The van der Waals surface area contributed by atoms with Crippen molar-refractivity contribution in [1.29, 1.82) is 0 Å². The van der Waals surface area contributed by atoms with Crippen molar-refractivity contribution in [2.45, 2.75) is 33.6 Å². The summed E-state index contributed by atoms with van der Waals surface area (Å²) < 4.78 is 7.09. The van der Waals surface area contributed by atoms with Crippen molar-refractivity contribution >= 4 is 5.95 Å². The number of ether oxygens (including phenoxy) is 1. The second kappa shape index (κ2) is 7.51. The number of nitrogens with one attached hydrogen (secondary N) is 1. The van der Waals surface area contributed by atoms with Gasteiger partial charge in [-0.1, -0.05) is 13.8 Å². The first-order chi connectivity index (χ1) is 10.2. The summed E-state index contributed by atoms with van der Waals surface area (Å²) in [6.45, 7) is 7.66. The summed E-state index contributed by atoms with van der Waals surface area (Å²) in [6, 6.07) is 0.301. The summed E-state index contributed by atoms with van der Waals surface area (Å²) in [6.07, 6.45) is 5.05. The van der Waals surface area contributed by atoms with Gasteiger partial charge < -0.3 is 10.1 Å². The first kappa shape index (κ1) is 15.1. The van der Waals surface area contributed by atoms with Crippen LogP contribution in [-0.4, -0.2) is 42.9 Å². The fourth-order valence-corrected chi connectivity index (χ4v) is 1.72. The van der Waals surface area contributed by atoms with E-state index < -0.39 is 0 Å². The van der Waals surface area contributed by atoms with E-state index in [0.29, 0.717) is 37.0 Å². The minimum Gasteiger partial charge on any atom is -0.463 e. The van der Waals surface area contributed by atoms with E-state index in [1.54, 1.807) is 0 Å². The van der Waals surface area contributed by atoms with E-state index in [9.17, 15) is 0 Å². The van der Waals surface area contributed by atoms with E-state index in [0.717, 1.165) is 12.8 Å². The fraction of sp³-hybridized carbons (Fsp3) is 0.615. The predicted octanol–water partition coefficient (Wildman–Crippen LogP) is 1.70. The fourth-order valence-electron chi connectivity index (χ4n) is 1.72. The molecule has 0 radical (unpaired) electrons. The highest BCUT2D eigenvalue weighted by Gasteiger charge is 2.09. The van der Waals surface area contributed by atoms with Gasteiger partial charge in [-0.15, -0.1) is 0 Å². The molecule has 0 aliphatic carbocycles. The maximum atomic E-state index is 5.62. The van der Waals surface area contributed by atoms with E-state index in [1.165, 1.54) is 17.3 Å². The molecule has 0 fully saturated rings. The Kier molecular flexibility index (Phi) is 5.42. The van der Waals surface area contributed by atoms with E-state index in [1.807, 2.05) is 6.92 Å². The van der Waals surface area contributed by atoms with Crippen LogP contribution in [0, 0.1) is 5.92 Å². The van der Waals surface area contributed by atoms with Crippen LogP contribution < -0.4 is 10.1 Å². The van der Waals surface area contributed by atoms with Gasteiger partial charge in [-0.25, -0.2) is 4.98 Å². The Morgan fingerprint density at radius 2 is 2.14 bits per heavy atom. The predicted molar refractivity (Wildman–Crippen MR) is 78.5 cm³/mol. The lowest BCUT2D eigenvalue weighted by atomic mass is 10.1. The van der Waals surface area contributed by atoms with Crippen molar-refractivity contribution in [3.05, 3.63) is 12.7 Å². The Morgan fingerprint density at radius 1 is 1.29 bits per heavy atom. The molecular weight excluding hydrogens is 270 g/mol. The van der Waals surface area contributed by atoms with Gasteiger partial charge in [0, 0.05) is 6.54 Å². The molecule has 0 aliphatic heterocycles. The van der Waals surface area contributed by atoms with Crippen LogP contribution in [0.2, 0.25) is 0 Å². The van der Waals surface area contributed by atoms with Gasteiger partial charge in [0.15, 0.2) is 0 Å². The van der Waals surface area contributed by atoms with Crippen LogP contribution in [-0.2, 0) is 0 Å². The highest BCUT2D eigenvalue weighted by Crippen LogP contribution is 2.11. The average molecular weight is 291 g/mol. The summed E-state index contributed by atoms with van der Waals surface area (Å²) in [7, 11) is 0. The van der Waals surface area contributed by atoms with Crippen molar-refractivity contribution in [1.82, 2.24) is 29.7 Å². The molecule has 2 rings (SSSR count). The van der Waals surface area contributed by atoms with Crippen LogP contribution in [0.1, 0.15) is 33.6 Å². The van der Waals surface area contributed by atoms with Crippen LogP contribution >= 0.6 is 0 Å². The molecule has 8 heteroatoms. The lowest BCUT2D eigenvalue weighted by Crippen LogP contribution is -2.11. The Morgan fingerprint density at radius 3 is 2.81 bits per heavy atom. The molecule has 0 saturated carbocycles. The lowest BCUT2D eigenvalue weighted by molar-refractivity contribution is 0.275. The summed E-state index contributed by atoms with van der Waals surface area (Å²) in [5.41, 5.74) is 0. The van der Waals surface area contributed by atoms with Crippen LogP contribution in [0.15, 0.2) is 12.7 Å². The zero-order valence-electron chi connectivity index (χ0n) is 12.7. The Hall–Kier alpha value is -2.25. The van der Waals surface area contributed by atoms with Gasteiger partial charge in [0.2, 0.25) is 5.95 Å². The van der Waals surface area contributed by atoms with Crippen molar-refractivity contribution in [2.75, 3.05) is 18.5 Å². The highest BCUT2D eigenvalue weighted by molar-refractivity contribution is 5.29. The summed E-state index contributed by atoms with van der Waals surface area (Å²) >= 11 is 0. The normalized spacial score (nSPS) is 10.9. The zero-order valence-corrected chi connectivity index (χ0v) is 12.7. The second-order valence-electron chi connectivity index (χ2n) is 5.00. The highest BCUT2D eigenvalue weighted by atomic mass is 16.5. The van der Waals surface area contributed by atoms with Gasteiger partial charge in [0.1, 0.15) is 12.7 Å². The molecular formula is C13H21N7O. The maximum Gasteiger partial charge on any atom is 0.323 e. The van der Waals surface area contributed by atoms with E-state index in [4.69, 9.17) is 4.74 Å². The molecule has 2 aromatic heterocycles. The van der Waals surface area contributed by atoms with Gasteiger partial charge in [-0.3, -0.25) is 0 Å². The maximum absolute atomic E-state index is 5.62. The van der Waals surface area contributed by atoms with Crippen LogP contribution in [0.5, 0.6) is 6.01 Å². The number of hydrogen-bond donors (Lipinski definition) is 1. The molecule has 2 aromatic rings. The SMILES string of the molecule is CCNc1nc(OCCCC(C)C)nc(-n2cncn2)n1. The lowest BCUT2D eigenvalue weighted by Gasteiger charge is -2.09. The minimum absolute atomic E-state index is 0.301. The van der Waals surface area contributed by atoms with Crippen molar-refractivity contribution < 1.29 is 4.74 Å². The van der Waals surface area contributed by atoms with Crippen molar-refractivity contribution in [3.63, 3.8) is 0 Å². The molecule has 0 aliphatic rings. The first-order valence-electron chi connectivity index (χ1n) is 7.16. The molecule has 21 heavy (non-hydrogen) atoms. The number of hydrogen-bond acceptors (Lipinski definition) is 7. The zero-order chi connectivity index (χ0) is 15.1. The number of anilines is 1. The summed E-state index contributed by atoms with van der Waals surface area (Å²) in [5, 5.41) is 7.07. The third-order valence-corrected chi connectivity index (χ3v) is 2.72. The summed E-state index contributed by atoms with van der Waals surface area (Å²) in [5.74, 6) is 1.52. The third kappa shape index (κ3) is 4.66. The van der Waals surface area contributed by atoms with Crippen molar-refractivity contribution in [2.24, 2.45) is 5.92 Å². The minimum atomic E-state index is 0.301. The van der Waals surface area contributed by atoms with Gasteiger partial charge in [-0.05, 0) is 25.7 Å². The van der Waals surface area contributed by atoms with Crippen LogP contribution in [0.25, 0.3) is 5.95 Å². The molecule has 0 amide bonds. The van der Waals surface area contributed by atoms with E-state index >= 15 is 0 Å². The van der Waals surface area contributed by atoms with Gasteiger partial charge >= 0.3 is 6.01 Å².